The van der Waals surface area contributed by atoms with Crippen molar-refractivity contribution in [2.75, 3.05) is 7.11 Å². The summed E-state index contributed by atoms with van der Waals surface area (Å²) in [5.74, 6) is -1.82. The Labute approximate surface area is 148 Å². The Morgan fingerprint density at radius 2 is 1.96 bits per heavy atom. The standard InChI is InChI=1S/C18H14FN3O4/c1-26-18(25)22-21-16(13-4-2-3-5-14(13)17(23)24)9-11-6-7-15(19)12(8-11)10-20/h2-8H,9H2,1H3,(H,22,25)(H,23,24). The van der Waals surface area contributed by atoms with Crippen LogP contribution in [0.5, 0.6) is 0 Å². The summed E-state index contributed by atoms with van der Waals surface area (Å²) in [6.45, 7) is 0. The SMILES string of the molecule is COC(=O)NN=C(Cc1ccc(F)c(C#N)c1)c1ccccc1C(=O)O. The summed E-state index contributed by atoms with van der Waals surface area (Å²) in [6, 6.07) is 11.8. The van der Waals surface area contributed by atoms with Gasteiger partial charge in [0.2, 0.25) is 0 Å². The molecule has 0 saturated heterocycles. The van der Waals surface area contributed by atoms with Crippen molar-refractivity contribution in [3.05, 3.63) is 70.5 Å². The van der Waals surface area contributed by atoms with Gasteiger partial charge < -0.3 is 9.84 Å². The summed E-state index contributed by atoms with van der Waals surface area (Å²) in [6.07, 6.45) is -0.768. The topological polar surface area (TPSA) is 112 Å². The Balaban J connectivity index is 2.48. The largest absolute Gasteiger partial charge is 0.478 e. The lowest BCUT2D eigenvalue weighted by Crippen LogP contribution is -2.22. The molecule has 0 aliphatic rings. The van der Waals surface area contributed by atoms with Gasteiger partial charge in [-0.05, 0) is 23.8 Å². The Hall–Kier alpha value is -3.73. The molecule has 2 aromatic carbocycles. The van der Waals surface area contributed by atoms with Crippen LogP contribution in [0.1, 0.15) is 27.0 Å². The molecule has 132 valence electrons. The van der Waals surface area contributed by atoms with Gasteiger partial charge in [-0.1, -0.05) is 24.3 Å². The lowest BCUT2D eigenvalue weighted by Gasteiger charge is -2.11. The zero-order valence-corrected chi connectivity index (χ0v) is 13.7. The highest BCUT2D eigenvalue weighted by Crippen LogP contribution is 2.16. The zero-order chi connectivity index (χ0) is 19.1. The van der Waals surface area contributed by atoms with Crippen molar-refractivity contribution >= 4 is 17.8 Å². The van der Waals surface area contributed by atoms with Crippen LogP contribution in [0.25, 0.3) is 0 Å². The molecule has 2 rings (SSSR count). The maximum atomic E-state index is 13.5. The second-order valence-electron chi connectivity index (χ2n) is 5.12. The number of amides is 1. The first-order valence-electron chi connectivity index (χ1n) is 7.38. The number of carboxylic acid groups (broad SMARTS) is 1. The van der Waals surface area contributed by atoms with E-state index < -0.39 is 17.9 Å². The van der Waals surface area contributed by atoms with E-state index in [0.717, 1.165) is 13.2 Å². The number of nitrogens with zero attached hydrogens (tertiary/aromatic N) is 2. The van der Waals surface area contributed by atoms with Crippen LogP contribution < -0.4 is 5.43 Å². The molecule has 0 aliphatic heterocycles. The highest BCUT2D eigenvalue weighted by Gasteiger charge is 2.16. The number of ether oxygens (including phenoxy) is 1. The maximum Gasteiger partial charge on any atom is 0.427 e. The molecule has 0 bridgehead atoms. The van der Waals surface area contributed by atoms with Crippen molar-refractivity contribution in [2.45, 2.75) is 6.42 Å². The Kier molecular flexibility index (Phi) is 6.01. The molecule has 0 aliphatic carbocycles. The number of halogens is 1. The fraction of sp³-hybridized carbons (Fsp3) is 0.111. The molecular formula is C18H14FN3O4. The van der Waals surface area contributed by atoms with Crippen molar-refractivity contribution in [1.29, 1.82) is 5.26 Å². The number of carbonyl (C=O) groups is 2. The first-order chi connectivity index (χ1) is 12.5. The van der Waals surface area contributed by atoms with E-state index in [9.17, 15) is 19.1 Å². The molecule has 0 aromatic heterocycles. The van der Waals surface area contributed by atoms with Gasteiger partial charge in [-0.2, -0.15) is 10.4 Å². The minimum atomic E-state index is -1.16. The highest BCUT2D eigenvalue weighted by atomic mass is 19.1. The quantitative estimate of drug-likeness (QED) is 0.633. The van der Waals surface area contributed by atoms with Crippen LogP contribution >= 0.6 is 0 Å². The smallest absolute Gasteiger partial charge is 0.427 e. The fourth-order valence-corrected chi connectivity index (χ4v) is 2.24. The molecule has 0 unspecified atom stereocenters. The number of nitrogens with one attached hydrogen (secondary N) is 1. The van der Waals surface area contributed by atoms with E-state index >= 15 is 0 Å². The zero-order valence-electron chi connectivity index (χ0n) is 13.7. The van der Waals surface area contributed by atoms with Crippen molar-refractivity contribution in [1.82, 2.24) is 5.43 Å². The Morgan fingerprint density at radius 1 is 1.27 bits per heavy atom. The summed E-state index contributed by atoms with van der Waals surface area (Å²) >= 11 is 0. The molecule has 0 fully saturated rings. The van der Waals surface area contributed by atoms with Crippen LogP contribution in [-0.4, -0.2) is 30.0 Å². The van der Waals surface area contributed by atoms with Crippen LogP contribution in [-0.2, 0) is 11.2 Å². The number of aromatic carboxylic acids is 1. The number of benzene rings is 2. The second-order valence-corrected chi connectivity index (χ2v) is 5.12. The minimum absolute atomic E-state index is 0.0134. The second kappa shape index (κ2) is 8.39. The molecule has 0 atom stereocenters. The van der Waals surface area contributed by atoms with Gasteiger partial charge >= 0.3 is 12.1 Å². The van der Waals surface area contributed by atoms with Crippen LogP contribution in [0.3, 0.4) is 0 Å². The van der Waals surface area contributed by atoms with Gasteiger partial charge in [-0.15, -0.1) is 0 Å². The van der Waals surface area contributed by atoms with E-state index in [1.807, 2.05) is 0 Å². The molecule has 0 saturated carbocycles. The fourth-order valence-electron chi connectivity index (χ4n) is 2.24. The van der Waals surface area contributed by atoms with E-state index in [0.29, 0.717) is 5.56 Å². The summed E-state index contributed by atoms with van der Waals surface area (Å²) in [4.78, 5) is 22.8. The Bertz CT molecular complexity index is 919. The summed E-state index contributed by atoms with van der Waals surface area (Å²) < 4.78 is 17.9. The molecule has 0 spiro atoms. The first kappa shape index (κ1) is 18.6. The normalized spacial score (nSPS) is 10.7. The number of carboxylic acids is 1. The predicted octanol–water partition coefficient (Wildman–Crippen LogP) is 2.70. The number of nitriles is 1. The number of methoxy groups -OCH3 is 1. The molecule has 8 heteroatoms. The molecule has 0 heterocycles. The molecule has 7 nitrogen and oxygen atoms in total. The van der Waals surface area contributed by atoms with Gasteiger partial charge in [0, 0.05) is 12.0 Å². The van der Waals surface area contributed by atoms with Crippen molar-refractivity contribution in [3.63, 3.8) is 0 Å². The first-order valence-corrected chi connectivity index (χ1v) is 7.38. The van der Waals surface area contributed by atoms with Crippen molar-refractivity contribution < 1.29 is 23.8 Å². The molecule has 0 radical (unpaired) electrons. The lowest BCUT2D eigenvalue weighted by molar-refractivity contribution is 0.0696. The average Bonchev–Trinajstić information content (AvgIpc) is 2.65. The van der Waals surface area contributed by atoms with Crippen LogP contribution in [0.15, 0.2) is 47.6 Å². The molecule has 2 N–H and O–H groups in total. The van der Waals surface area contributed by atoms with Gasteiger partial charge in [0.1, 0.15) is 11.9 Å². The van der Waals surface area contributed by atoms with Crippen LogP contribution in [0.2, 0.25) is 0 Å². The van der Waals surface area contributed by atoms with E-state index in [4.69, 9.17) is 5.26 Å². The van der Waals surface area contributed by atoms with Gasteiger partial charge in [-0.25, -0.2) is 19.4 Å². The van der Waals surface area contributed by atoms with E-state index in [1.54, 1.807) is 18.2 Å². The Morgan fingerprint density at radius 3 is 2.58 bits per heavy atom. The van der Waals surface area contributed by atoms with Crippen molar-refractivity contribution in [3.8, 4) is 6.07 Å². The van der Waals surface area contributed by atoms with Gasteiger partial charge in [0.15, 0.2) is 0 Å². The summed E-state index contributed by atoms with van der Waals surface area (Å²) in [7, 11) is 1.16. The third-order valence-electron chi connectivity index (χ3n) is 3.46. The summed E-state index contributed by atoms with van der Waals surface area (Å²) in [5.41, 5.74) is 3.01. The monoisotopic (exact) mass is 355 g/mol. The molecule has 26 heavy (non-hydrogen) atoms. The number of hydrogen-bond donors (Lipinski definition) is 2. The third kappa shape index (κ3) is 4.42. The van der Waals surface area contributed by atoms with Gasteiger partial charge in [-0.3, -0.25) is 0 Å². The lowest BCUT2D eigenvalue weighted by atomic mass is 9.97. The summed E-state index contributed by atoms with van der Waals surface area (Å²) in [5, 5.41) is 22.2. The number of hydrogen-bond acceptors (Lipinski definition) is 5. The van der Waals surface area contributed by atoms with E-state index in [2.05, 4.69) is 15.3 Å². The van der Waals surface area contributed by atoms with Crippen LogP contribution in [0, 0.1) is 17.1 Å². The van der Waals surface area contributed by atoms with E-state index in [1.165, 1.54) is 24.3 Å². The van der Waals surface area contributed by atoms with E-state index in [-0.39, 0.29) is 28.8 Å². The maximum absolute atomic E-state index is 13.5. The number of carbonyl (C=O) groups excluding carboxylic acids is 1. The molecular weight excluding hydrogens is 341 g/mol. The van der Waals surface area contributed by atoms with Gasteiger partial charge in [0.25, 0.3) is 0 Å². The number of hydrazone groups is 1. The van der Waals surface area contributed by atoms with Crippen LogP contribution in [0.4, 0.5) is 9.18 Å². The molecule has 1 amide bonds. The third-order valence-corrected chi connectivity index (χ3v) is 3.46. The molecule has 2 aromatic rings. The van der Waals surface area contributed by atoms with Crippen molar-refractivity contribution in [2.24, 2.45) is 5.10 Å². The van der Waals surface area contributed by atoms with Gasteiger partial charge in [0.05, 0.1) is 23.9 Å². The predicted molar refractivity (Wildman–Crippen MR) is 90.3 cm³/mol. The number of rotatable bonds is 5. The highest BCUT2D eigenvalue weighted by molar-refractivity contribution is 6.09. The average molecular weight is 355 g/mol. The minimum Gasteiger partial charge on any atom is -0.478 e.